The van der Waals surface area contributed by atoms with E-state index in [2.05, 4.69) is 0 Å². The molecule has 3 rings (SSSR count). The van der Waals surface area contributed by atoms with Gasteiger partial charge in [-0.05, 0) is 43.5 Å². The smallest absolute Gasteiger partial charge is 0.201 e. The monoisotopic (exact) mass is 338 g/mol. The van der Waals surface area contributed by atoms with Crippen molar-refractivity contribution in [2.75, 3.05) is 7.11 Å². The van der Waals surface area contributed by atoms with Crippen LogP contribution in [0.25, 0.3) is 0 Å². The Hall–Kier alpha value is -2.95. The summed E-state index contributed by atoms with van der Waals surface area (Å²) < 4.78 is 5.22. The third-order valence-corrected chi connectivity index (χ3v) is 4.55. The fraction of sp³-hybridized carbons (Fsp3) is 0.250. The van der Waals surface area contributed by atoms with Gasteiger partial charge in [-0.15, -0.1) is 0 Å². The molecule has 0 aromatic heterocycles. The maximum Gasteiger partial charge on any atom is 0.201 e. The molecule has 25 heavy (non-hydrogen) atoms. The number of rotatable bonds is 4. The molecule has 1 aliphatic carbocycles. The highest BCUT2D eigenvalue weighted by Gasteiger charge is 2.35. The van der Waals surface area contributed by atoms with E-state index in [1.54, 1.807) is 31.2 Å². The van der Waals surface area contributed by atoms with E-state index in [-0.39, 0.29) is 46.0 Å². The third kappa shape index (κ3) is 2.61. The third-order valence-electron chi connectivity index (χ3n) is 4.55. The molecule has 5 nitrogen and oxygen atoms in total. The second-order valence-electron chi connectivity index (χ2n) is 6.19. The highest BCUT2D eigenvalue weighted by molar-refractivity contribution is 6.30. The molecule has 128 valence electrons. The molecule has 1 aliphatic rings. The number of hydrogen-bond donors (Lipinski definition) is 1. The van der Waals surface area contributed by atoms with Gasteiger partial charge < -0.3 is 14.6 Å². The van der Waals surface area contributed by atoms with Gasteiger partial charge in [-0.1, -0.05) is 12.1 Å². The summed E-state index contributed by atoms with van der Waals surface area (Å²) in [4.78, 5) is 37.1. The highest BCUT2D eigenvalue weighted by Crippen LogP contribution is 2.39. The number of phenols is 1. The number of carbonyl (C=O) groups excluding carboxylic acids is 3. The molecule has 2 aromatic carbocycles. The quantitative estimate of drug-likeness (QED) is 0.791. The van der Waals surface area contributed by atoms with Gasteiger partial charge in [0.05, 0.1) is 18.2 Å². The molecular weight excluding hydrogens is 320 g/mol. The minimum atomic E-state index is -0.441. The van der Waals surface area contributed by atoms with E-state index in [1.807, 2.05) is 0 Å². The molecule has 5 heteroatoms. The van der Waals surface area contributed by atoms with Crippen molar-refractivity contribution in [3.63, 3.8) is 0 Å². The molecule has 0 spiro atoms. The van der Waals surface area contributed by atoms with Crippen LogP contribution in [0.15, 0.2) is 24.3 Å². The molecule has 1 N–H and O–H groups in total. The number of ketones is 3. The highest BCUT2D eigenvalue weighted by atomic mass is 16.5. The summed E-state index contributed by atoms with van der Waals surface area (Å²) in [6.45, 7) is 3.23. The van der Waals surface area contributed by atoms with Crippen molar-refractivity contribution < 1.29 is 24.2 Å². The lowest BCUT2D eigenvalue weighted by atomic mass is 9.80. The van der Waals surface area contributed by atoms with Crippen LogP contribution in [-0.2, 0) is 11.2 Å². The lowest BCUT2D eigenvalue weighted by Gasteiger charge is -2.22. The number of carbonyl (C=O) groups is 3. The maximum atomic E-state index is 13.0. The standard InChI is InChI=1S/C20H18O5/c1-10-9-14-17(19(23)12(10)8-7-11(2)21)20(24)16-13(18(14)22)5-4-6-15(16)25-3/h4-6,9,23H,7-8H2,1-3H3. The van der Waals surface area contributed by atoms with Gasteiger partial charge in [0.25, 0.3) is 0 Å². The first-order chi connectivity index (χ1) is 11.9. The van der Waals surface area contributed by atoms with Gasteiger partial charge in [-0.25, -0.2) is 0 Å². The van der Waals surface area contributed by atoms with Crippen LogP contribution in [0, 0.1) is 6.92 Å². The minimum absolute atomic E-state index is 0.00819. The van der Waals surface area contributed by atoms with Crippen molar-refractivity contribution in [3.05, 3.63) is 57.6 Å². The summed E-state index contributed by atoms with van der Waals surface area (Å²) >= 11 is 0. The number of aromatic hydroxyl groups is 1. The Morgan fingerprint density at radius 1 is 1.12 bits per heavy atom. The summed E-state index contributed by atoms with van der Waals surface area (Å²) in [7, 11) is 1.43. The maximum absolute atomic E-state index is 13.0. The van der Waals surface area contributed by atoms with Crippen LogP contribution in [0.4, 0.5) is 0 Å². The molecule has 0 amide bonds. The van der Waals surface area contributed by atoms with Crippen LogP contribution >= 0.6 is 0 Å². The zero-order chi connectivity index (χ0) is 18.3. The lowest BCUT2D eigenvalue weighted by molar-refractivity contribution is -0.116. The second kappa shape index (κ2) is 6.16. The van der Waals surface area contributed by atoms with E-state index >= 15 is 0 Å². The normalized spacial score (nSPS) is 12.6. The van der Waals surface area contributed by atoms with Crippen molar-refractivity contribution in [1.82, 2.24) is 0 Å². The number of Topliss-reactive ketones (excluding diaryl/α,β-unsaturated/α-hetero) is 1. The first kappa shape index (κ1) is 16.9. The van der Waals surface area contributed by atoms with E-state index in [0.717, 1.165) is 0 Å². The van der Waals surface area contributed by atoms with Crippen molar-refractivity contribution in [3.8, 4) is 11.5 Å². The predicted octanol–water partition coefficient (Wildman–Crippen LogP) is 3.01. The van der Waals surface area contributed by atoms with Crippen molar-refractivity contribution in [2.24, 2.45) is 0 Å². The first-order valence-corrected chi connectivity index (χ1v) is 7.98. The van der Waals surface area contributed by atoms with Gasteiger partial charge in [-0.3, -0.25) is 9.59 Å². The summed E-state index contributed by atoms with van der Waals surface area (Å²) in [5.74, 6) is -0.688. The SMILES string of the molecule is COc1cccc2c1C(=O)c1c(cc(C)c(CCC(C)=O)c1O)C2=O. The Bertz CT molecular complexity index is 924. The van der Waals surface area contributed by atoms with E-state index in [1.165, 1.54) is 14.0 Å². The fourth-order valence-electron chi connectivity index (χ4n) is 3.26. The molecule has 0 heterocycles. The molecule has 0 fully saturated rings. The summed E-state index contributed by atoms with van der Waals surface area (Å²) in [5.41, 5.74) is 1.82. The van der Waals surface area contributed by atoms with E-state index in [4.69, 9.17) is 4.74 Å². The van der Waals surface area contributed by atoms with Gasteiger partial charge in [-0.2, -0.15) is 0 Å². The van der Waals surface area contributed by atoms with Gasteiger partial charge in [0.1, 0.15) is 17.3 Å². The van der Waals surface area contributed by atoms with Gasteiger partial charge in [0.2, 0.25) is 5.78 Å². The number of aryl methyl sites for hydroxylation is 1. The fourth-order valence-corrected chi connectivity index (χ4v) is 3.26. The van der Waals surface area contributed by atoms with E-state index < -0.39 is 5.78 Å². The number of phenolic OH excluding ortho intramolecular Hbond substituents is 1. The summed E-state index contributed by atoms with van der Waals surface area (Å²) in [6, 6.07) is 6.46. The van der Waals surface area contributed by atoms with Crippen LogP contribution in [0.5, 0.6) is 11.5 Å². The number of methoxy groups -OCH3 is 1. The number of fused-ring (bicyclic) bond motifs is 2. The molecule has 0 atom stereocenters. The Morgan fingerprint density at radius 3 is 2.48 bits per heavy atom. The Morgan fingerprint density at radius 2 is 1.84 bits per heavy atom. The Kier molecular flexibility index (Phi) is 4.17. The Balaban J connectivity index is 2.23. The molecule has 0 saturated heterocycles. The van der Waals surface area contributed by atoms with Crippen molar-refractivity contribution in [2.45, 2.75) is 26.7 Å². The van der Waals surface area contributed by atoms with Crippen molar-refractivity contribution in [1.29, 1.82) is 0 Å². The average Bonchev–Trinajstić information content (AvgIpc) is 2.58. The first-order valence-electron chi connectivity index (χ1n) is 7.98. The molecule has 0 bridgehead atoms. The molecule has 0 unspecified atom stereocenters. The van der Waals surface area contributed by atoms with Crippen LogP contribution in [0.3, 0.4) is 0 Å². The zero-order valence-corrected chi connectivity index (χ0v) is 14.3. The van der Waals surface area contributed by atoms with Gasteiger partial charge >= 0.3 is 0 Å². The van der Waals surface area contributed by atoms with E-state index in [9.17, 15) is 19.5 Å². The predicted molar refractivity (Wildman–Crippen MR) is 91.7 cm³/mol. The number of hydrogen-bond acceptors (Lipinski definition) is 5. The van der Waals surface area contributed by atoms with Crippen molar-refractivity contribution >= 4 is 17.3 Å². The van der Waals surface area contributed by atoms with Crippen LogP contribution < -0.4 is 4.74 Å². The Labute approximate surface area is 145 Å². The average molecular weight is 338 g/mol. The summed E-state index contributed by atoms with van der Waals surface area (Å²) in [6.07, 6.45) is 0.579. The van der Waals surface area contributed by atoms with Crippen LogP contribution in [0.2, 0.25) is 0 Å². The largest absolute Gasteiger partial charge is 0.507 e. The zero-order valence-electron chi connectivity index (χ0n) is 14.3. The molecular formula is C20H18O5. The molecule has 0 saturated carbocycles. The number of ether oxygens (including phenoxy) is 1. The van der Waals surface area contributed by atoms with Gasteiger partial charge in [0, 0.05) is 17.5 Å². The molecule has 0 aliphatic heterocycles. The minimum Gasteiger partial charge on any atom is -0.507 e. The topological polar surface area (TPSA) is 80.7 Å². The lowest BCUT2D eigenvalue weighted by Crippen LogP contribution is -2.22. The van der Waals surface area contributed by atoms with Crippen LogP contribution in [-0.4, -0.2) is 29.6 Å². The molecule has 2 aromatic rings. The second-order valence-corrected chi connectivity index (χ2v) is 6.19. The van der Waals surface area contributed by atoms with Crippen LogP contribution in [0.1, 0.15) is 56.3 Å². The van der Waals surface area contributed by atoms with Gasteiger partial charge in [0.15, 0.2) is 5.78 Å². The summed E-state index contributed by atoms with van der Waals surface area (Å²) in [5, 5.41) is 10.7. The molecule has 0 radical (unpaired) electrons. The number of benzene rings is 2. The van der Waals surface area contributed by atoms with E-state index in [0.29, 0.717) is 23.3 Å².